The maximum atomic E-state index is 11.5. The quantitative estimate of drug-likeness (QED) is 0.634. The standard InChI is InChI=1S/C10H18N2O/c1-3-8(2)12-10(13)9-6-4-5-7-11-9/h3,8-9,11H,1,4-7H2,2H3,(H,12,13)/t8?,9-/m1/s1. The fourth-order valence-electron chi connectivity index (χ4n) is 1.46. The van der Waals surface area contributed by atoms with Crippen LogP contribution in [0.4, 0.5) is 0 Å². The number of amides is 1. The molecule has 1 saturated heterocycles. The van der Waals surface area contributed by atoms with Gasteiger partial charge in [0.15, 0.2) is 0 Å². The van der Waals surface area contributed by atoms with Crippen LogP contribution in [0.1, 0.15) is 26.2 Å². The van der Waals surface area contributed by atoms with Gasteiger partial charge < -0.3 is 10.6 Å². The predicted molar refractivity (Wildman–Crippen MR) is 53.4 cm³/mol. The summed E-state index contributed by atoms with van der Waals surface area (Å²) in [6, 6.07) is 0.0763. The summed E-state index contributed by atoms with van der Waals surface area (Å²) >= 11 is 0. The first-order chi connectivity index (χ1) is 6.24. The van der Waals surface area contributed by atoms with E-state index in [1.54, 1.807) is 6.08 Å². The number of nitrogens with one attached hydrogen (secondary N) is 2. The molecule has 1 unspecified atom stereocenters. The van der Waals surface area contributed by atoms with Crippen LogP contribution in [-0.2, 0) is 4.79 Å². The molecule has 2 atom stereocenters. The lowest BCUT2D eigenvalue weighted by Crippen LogP contribution is -2.48. The van der Waals surface area contributed by atoms with Crippen molar-refractivity contribution in [2.75, 3.05) is 6.54 Å². The molecule has 3 heteroatoms. The number of hydrogen-bond donors (Lipinski definition) is 2. The van der Waals surface area contributed by atoms with Gasteiger partial charge in [0.05, 0.1) is 6.04 Å². The summed E-state index contributed by atoms with van der Waals surface area (Å²) in [5.74, 6) is 0.104. The molecule has 1 rings (SSSR count). The zero-order valence-corrected chi connectivity index (χ0v) is 8.18. The van der Waals surface area contributed by atoms with Gasteiger partial charge in [-0.15, -0.1) is 6.58 Å². The lowest BCUT2D eigenvalue weighted by Gasteiger charge is -2.23. The van der Waals surface area contributed by atoms with E-state index >= 15 is 0 Å². The molecular formula is C10H18N2O. The van der Waals surface area contributed by atoms with Gasteiger partial charge >= 0.3 is 0 Å². The Bertz CT molecular complexity index is 185. The first kappa shape index (κ1) is 10.3. The third kappa shape index (κ3) is 3.19. The molecule has 74 valence electrons. The highest BCUT2D eigenvalue weighted by Crippen LogP contribution is 2.06. The van der Waals surface area contributed by atoms with Gasteiger partial charge in [-0.3, -0.25) is 4.79 Å². The van der Waals surface area contributed by atoms with Crippen LogP contribution in [-0.4, -0.2) is 24.5 Å². The molecule has 3 nitrogen and oxygen atoms in total. The molecule has 0 radical (unpaired) electrons. The molecule has 0 bridgehead atoms. The summed E-state index contributed by atoms with van der Waals surface area (Å²) < 4.78 is 0. The monoisotopic (exact) mass is 182 g/mol. The van der Waals surface area contributed by atoms with Gasteiger partial charge in [0.25, 0.3) is 0 Å². The summed E-state index contributed by atoms with van der Waals surface area (Å²) in [6.45, 7) is 6.51. The molecule has 2 N–H and O–H groups in total. The van der Waals surface area contributed by atoms with E-state index in [4.69, 9.17) is 0 Å². The second-order valence-corrected chi connectivity index (χ2v) is 3.54. The summed E-state index contributed by atoms with van der Waals surface area (Å²) in [4.78, 5) is 11.5. The van der Waals surface area contributed by atoms with E-state index in [-0.39, 0.29) is 18.0 Å². The molecule has 1 aliphatic rings. The van der Waals surface area contributed by atoms with Gasteiger partial charge in [0.1, 0.15) is 0 Å². The van der Waals surface area contributed by atoms with Crippen LogP contribution in [0.15, 0.2) is 12.7 Å². The maximum Gasteiger partial charge on any atom is 0.237 e. The van der Waals surface area contributed by atoms with Crippen LogP contribution >= 0.6 is 0 Å². The Balaban J connectivity index is 2.32. The Morgan fingerprint density at radius 2 is 2.46 bits per heavy atom. The Morgan fingerprint density at radius 3 is 3.00 bits per heavy atom. The van der Waals surface area contributed by atoms with E-state index in [0.717, 1.165) is 19.4 Å². The molecule has 1 fully saturated rings. The summed E-state index contributed by atoms with van der Waals surface area (Å²) in [7, 11) is 0. The van der Waals surface area contributed by atoms with Gasteiger partial charge in [0.2, 0.25) is 5.91 Å². The summed E-state index contributed by atoms with van der Waals surface area (Å²) in [6.07, 6.45) is 5.02. The van der Waals surface area contributed by atoms with Crippen molar-refractivity contribution in [2.45, 2.75) is 38.3 Å². The minimum Gasteiger partial charge on any atom is -0.349 e. The molecule has 1 amide bonds. The van der Waals surface area contributed by atoms with Crippen LogP contribution in [0.25, 0.3) is 0 Å². The lowest BCUT2D eigenvalue weighted by molar-refractivity contribution is -0.124. The number of carbonyl (C=O) groups excluding carboxylic acids is 1. The van der Waals surface area contributed by atoms with Crippen molar-refractivity contribution in [2.24, 2.45) is 0 Å². The third-order valence-electron chi connectivity index (χ3n) is 2.35. The molecule has 0 spiro atoms. The predicted octanol–water partition coefficient (Wildman–Crippen LogP) is 0.819. The van der Waals surface area contributed by atoms with Crippen molar-refractivity contribution in [3.8, 4) is 0 Å². The number of rotatable bonds is 3. The SMILES string of the molecule is C=CC(C)NC(=O)[C@H]1CCCCN1. The average Bonchev–Trinajstić information content (AvgIpc) is 2.19. The molecule has 0 aromatic heterocycles. The molecule has 0 aromatic carbocycles. The first-order valence-electron chi connectivity index (χ1n) is 4.90. The second-order valence-electron chi connectivity index (χ2n) is 3.54. The van der Waals surface area contributed by atoms with Crippen LogP contribution in [0.3, 0.4) is 0 Å². The van der Waals surface area contributed by atoms with E-state index in [0.29, 0.717) is 0 Å². The maximum absolute atomic E-state index is 11.5. The normalized spacial score (nSPS) is 24.8. The van der Waals surface area contributed by atoms with Crippen LogP contribution in [0.5, 0.6) is 0 Å². The largest absolute Gasteiger partial charge is 0.349 e. The van der Waals surface area contributed by atoms with Crippen LogP contribution in [0, 0.1) is 0 Å². The zero-order chi connectivity index (χ0) is 9.68. The average molecular weight is 182 g/mol. The smallest absolute Gasteiger partial charge is 0.237 e. The van der Waals surface area contributed by atoms with E-state index < -0.39 is 0 Å². The van der Waals surface area contributed by atoms with Gasteiger partial charge in [-0.05, 0) is 26.3 Å². The van der Waals surface area contributed by atoms with Crippen molar-refractivity contribution in [1.82, 2.24) is 10.6 Å². The topological polar surface area (TPSA) is 41.1 Å². The Hall–Kier alpha value is -0.830. The fraction of sp³-hybridized carbons (Fsp3) is 0.700. The van der Waals surface area contributed by atoms with Gasteiger partial charge in [-0.2, -0.15) is 0 Å². The fourth-order valence-corrected chi connectivity index (χ4v) is 1.46. The highest BCUT2D eigenvalue weighted by atomic mass is 16.2. The highest BCUT2D eigenvalue weighted by molar-refractivity contribution is 5.82. The minimum atomic E-state index is 0.0103. The van der Waals surface area contributed by atoms with Crippen LogP contribution < -0.4 is 10.6 Å². The van der Waals surface area contributed by atoms with Crippen molar-refractivity contribution in [1.29, 1.82) is 0 Å². The van der Waals surface area contributed by atoms with Gasteiger partial charge in [-0.25, -0.2) is 0 Å². The Kier molecular flexibility index (Phi) is 3.96. The number of hydrogen-bond acceptors (Lipinski definition) is 2. The van der Waals surface area contributed by atoms with Crippen LogP contribution in [0.2, 0.25) is 0 Å². The highest BCUT2D eigenvalue weighted by Gasteiger charge is 2.20. The molecule has 13 heavy (non-hydrogen) atoms. The zero-order valence-electron chi connectivity index (χ0n) is 8.18. The van der Waals surface area contributed by atoms with Gasteiger partial charge in [0, 0.05) is 6.04 Å². The summed E-state index contributed by atoms with van der Waals surface area (Å²) in [5, 5.41) is 6.08. The minimum absolute atomic E-state index is 0.0103. The Labute approximate surface area is 79.6 Å². The molecule has 0 saturated carbocycles. The molecule has 1 aliphatic heterocycles. The van der Waals surface area contributed by atoms with E-state index in [9.17, 15) is 4.79 Å². The molecule has 0 aromatic rings. The third-order valence-corrected chi connectivity index (χ3v) is 2.35. The van der Waals surface area contributed by atoms with Crippen molar-refractivity contribution in [3.05, 3.63) is 12.7 Å². The van der Waals surface area contributed by atoms with Crippen molar-refractivity contribution in [3.63, 3.8) is 0 Å². The van der Waals surface area contributed by atoms with E-state index in [2.05, 4.69) is 17.2 Å². The van der Waals surface area contributed by atoms with E-state index in [1.807, 2.05) is 6.92 Å². The first-order valence-corrected chi connectivity index (χ1v) is 4.90. The number of piperidine rings is 1. The summed E-state index contributed by atoms with van der Waals surface area (Å²) in [5.41, 5.74) is 0. The van der Waals surface area contributed by atoms with E-state index in [1.165, 1.54) is 6.42 Å². The lowest BCUT2D eigenvalue weighted by atomic mass is 10.0. The molecule has 0 aliphatic carbocycles. The Morgan fingerprint density at radius 1 is 1.69 bits per heavy atom. The van der Waals surface area contributed by atoms with Gasteiger partial charge in [-0.1, -0.05) is 12.5 Å². The van der Waals surface area contributed by atoms with Crippen molar-refractivity contribution < 1.29 is 4.79 Å². The van der Waals surface area contributed by atoms with Crippen molar-refractivity contribution >= 4 is 5.91 Å². The second kappa shape index (κ2) is 5.02. The molecular weight excluding hydrogens is 164 g/mol. The molecule has 1 heterocycles. The number of carbonyl (C=O) groups is 1.